The van der Waals surface area contributed by atoms with Gasteiger partial charge in [0.05, 0.1) is 17.7 Å². The topological polar surface area (TPSA) is 132 Å². The Morgan fingerprint density at radius 2 is 1.39 bits per heavy atom. The molecule has 1 aliphatic heterocycles. The third-order valence-electron chi connectivity index (χ3n) is 4.98. The summed E-state index contributed by atoms with van der Waals surface area (Å²) in [5.41, 5.74) is -2.09. The van der Waals surface area contributed by atoms with E-state index in [1.54, 1.807) is 0 Å². The number of hydrogen-bond donors (Lipinski definition) is 3. The van der Waals surface area contributed by atoms with Crippen molar-refractivity contribution in [2.24, 2.45) is 0 Å². The van der Waals surface area contributed by atoms with E-state index in [1.807, 2.05) is 0 Å². The van der Waals surface area contributed by atoms with Crippen LogP contribution in [0.25, 0.3) is 0 Å². The Morgan fingerprint density at radius 3 is 1.84 bits per heavy atom. The number of aliphatic hydroxyl groups excluding tert-OH is 1. The molecule has 0 bridgehead atoms. The molecule has 0 fully saturated rings. The Hall–Kier alpha value is -3.10. The van der Waals surface area contributed by atoms with E-state index in [4.69, 9.17) is 24.0 Å². The number of halogens is 6. The zero-order chi connectivity index (χ0) is 28.3. The predicted octanol–water partition coefficient (Wildman–Crippen LogP) is 4.06. The van der Waals surface area contributed by atoms with Gasteiger partial charge in [-0.05, 0) is 35.4 Å². The number of rotatable bonds is 10. The van der Waals surface area contributed by atoms with Crippen molar-refractivity contribution in [3.63, 3.8) is 0 Å². The van der Waals surface area contributed by atoms with Gasteiger partial charge in [0, 0.05) is 0 Å². The van der Waals surface area contributed by atoms with Gasteiger partial charge in [-0.2, -0.15) is 26.3 Å². The number of phosphoric ester groups is 1. The Balaban J connectivity index is 1.92. The molecule has 3 N–H and O–H groups in total. The minimum atomic E-state index is -5.25. The molecule has 0 radical (unpaired) electrons. The van der Waals surface area contributed by atoms with Crippen molar-refractivity contribution >= 4 is 13.8 Å². The second-order valence-corrected chi connectivity index (χ2v) is 9.00. The number of hydrogen-bond acceptors (Lipinski definition) is 7. The summed E-state index contributed by atoms with van der Waals surface area (Å²) in [4.78, 5) is 30.7. The van der Waals surface area contributed by atoms with E-state index in [0.29, 0.717) is 0 Å². The third kappa shape index (κ3) is 7.71. The first-order valence-electron chi connectivity index (χ1n) is 10.5. The molecule has 3 rings (SSSR count). The van der Waals surface area contributed by atoms with Crippen LogP contribution in [-0.2, 0) is 53.7 Å². The Bertz CT molecular complexity index is 1240. The van der Waals surface area contributed by atoms with Crippen molar-refractivity contribution in [2.45, 2.75) is 37.8 Å². The number of carbonyl (C=O) groups excluding carboxylic acids is 1. The largest absolute Gasteiger partial charge is 0.485 e. The van der Waals surface area contributed by atoms with E-state index in [0.717, 1.165) is 36.4 Å². The summed E-state index contributed by atoms with van der Waals surface area (Å²) in [6.45, 7) is -2.36. The first kappa shape index (κ1) is 29.5. The lowest BCUT2D eigenvalue weighted by molar-refractivity contribution is -0.148. The fourth-order valence-corrected chi connectivity index (χ4v) is 3.86. The number of carbonyl (C=O) groups is 1. The molecule has 2 aromatic rings. The summed E-state index contributed by atoms with van der Waals surface area (Å²) in [5, 5.41) is 9.56. The van der Waals surface area contributed by atoms with E-state index in [2.05, 4.69) is 4.52 Å². The monoisotopic (exact) mass is 572 g/mol. The minimum absolute atomic E-state index is 0.0361. The van der Waals surface area contributed by atoms with Gasteiger partial charge in [0.15, 0.2) is 11.9 Å². The first-order chi connectivity index (χ1) is 17.6. The van der Waals surface area contributed by atoms with Crippen molar-refractivity contribution in [1.82, 2.24) is 0 Å². The molecule has 2 atom stereocenters. The van der Waals surface area contributed by atoms with Crippen molar-refractivity contribution in [2.75, 3.05) is 6.61 Å². The number of aliphatic hydroxyl groups is 1. The molecule has 0 aliphatic carbocycles. The average Bonchev–Trinajstić information content (AvgIpc) is 3.13. The van der Waals surface area contributed by atoms with Gasteiger partial charge in [-0.3, -0.25) is 4.52 Å². The molecule has 0 aromatic heterocycles. The predicted molar refractivity (Wildman–Crippen MR) is 113 cm³/mol. The van der Waals surface area contributed by atoms with Crippen molar-refractivity contribution in [3.8, 4) is 0 Å². The fraction of sp³-hybridized carbons (Fsp3) is 0.318. The van der Waals surface area contributed by atoms with Gasteiger partial charge in [0.2, 0.25) is 5.76 Å². The molecule has 1 aliphatic rings. The van der Waals surface area contributed by atoms with Gasteiger partial charge in [-0.25, -0.2) is 9.36 Å². The lowest BCUT2D eigenvalue weighted by atomic mass is 10.1. The number of cyclic esters (lactones) is 1. The highest BCUT2D eigenvalue weighted by atomic mass is 31.2. The van der Waals surface area contributed by atoms with Crippen molar-refractivity contribution in [3.05, 3.63) is 82.3 Å². The van der Waals surface area contributed by atoms with E-state index in [9.17, 15) is 40.8 Å². The van der Waals surface area contributed by atoms with Crippen LogP contribution in [0.1, 0.15) is 22.3 Å². The highest BCUT2D eigenvalue weighted by Crippen LogP contribution is 2.41. The molecule has 208 valence electrons. The van der Waals surface area contributed by atoms with Crippen LogP contribution in [0.15, 0.2) is 60.0 Å². The maximum Gasteiger partial charge on any atom is 0.470 e. The van der Waals surface area contributed by atoms with E-state index < -0.39 is 80.8 Å². The number of ether oxygens (including phenoxy) is 3. The molecule has 0 saturated heterocycles. The second kappa shape index (κ2) is 11.3. The molecule has 16 heteroatoms. The summed E-state index contributed by atoms with van der Waals surface area (Å²) >= 11 is 0. The van der Waals surface area contributed by atoms with Crippen LogP contribution in [0.5, 0.6) is 0 Å². The highest BCUT2D eigenvalue weighted by molar-refractivity contribution is 7.46. The number of benzene rings is 2. The van der Waals surface area contributed by atoms with E-state index in [-0.39, 0.29) is 11.1 Å². The van der Waals surface area contributed by atoms with Crippen LogP contribution in [0.2, 0.25) is 0 Å². The molecule has 9 nitrogen and oxygen atoms in total. The van der Waals surface area contributed by atoms with Crippen LogP contribution in [0.4, 0.5) is 26.3 Å². The molecule has 38 heavy (non-hydrogen) atoms. The van der Waals surface area contributed by atoms with Crippen LogP contribution in [0, 0.1) is 0 Å². The summed E-state index contributed by atoms with van der Waals surface area (Å²) in [6, 6.07) is 7.77. The molecular formula is C22H19F6O9P. The Morgan fingerprint density at radius 1 is 0.895 bits per heavy atom. The van der Waals surface area contributed by atoms with Crippen LogP contribution < -0.4 is 0 Å². The SMILES string of the molecule is O=C1OC(C(CO)OP(=O)(O)O)C(OCc2cccc(C(F)(F)F)c2)=C1OCc1cccc(C(F)(F)F)c1. The molecule has 0 saturated carbocycles. The molecule has 0 amide bonds. The lowest BCUT2D eigenvalue weighted by Gasteiger charge is -2.23. The summed E-state index contributed by atoms with van der Waals surface area (Å²) in [6.07, 6.45) is -13.1. The second-order valence-electron chi connectivity index (χ2n) is 7.81. The van der Waals surface area contributed by atoms with Gasteiger partial charge >= 0.3 is 26.1 Å². The maximum absolute atomic E-state index is 13.0. The number of phosphoric acid groups is 1. The zero-order valence-corrected chi connectivity index (χ0v) is 19.8. The normalized spacial score (nSPS) is 17.4. The Labute approximate surface area is 210 Å². The summed E-state index contributed by atoms with van der Waals surface area (Å²) < 4.78 is 110. The quantitative estimate of drug-likeness (QED) is 0.219. The average molecular weight is 572 g/mol. The first-order valence-corrected chi connectivity index (χ1v) is 12.0. The fourth-order valence-electron chi connectivity index (χ4n) is 3.33. The van der Waals surface area contributed by atoms with Gasteiger partial charge < -0.3 is 29.1 Å². The number of esters is 1. The molecule has 1 heterocycles. The van der Waals surface area contributed by atoms with E-state index >= 15 is 0 Å². The maximum atomic E-state index is 13.0. The summed E-state index contributed by atoms with van der Waals surface area (Å²) in [5.74, 6) is -2.63. The van der Waals surface area contributed by atoms with Crippen LogP contribution >= 0.6 is 7.82 Å². The highest BCUT2D eigenvalue weighted by Gasteiger charge is 2.45. The molecular weight excluding hydrogens is 553 g/mol. The Kier molecular flexibility index (Phi) is 8.79. The zero-order valence-electron chi connectivity index (χ0n) is 18.9. The van der Waals surface area contributed by atoms with E-state index in [1.165, 1.54) is 12.1 Å². The van der Waals surface area contributed by atoms with Gasteiger partial charge in [-0.15, -0.1) is 0 Å². The van der Waals surface area contributed by atoms with Gasteiger partial charge in [0.25, 0.3) is 0 Å². The van der Waals surface area contributed by atoms with Gasteiger partial charge in [-0.1, -0.05) is 24.3 Å². The van der Waals surface area contributed by atoms with Crippen molar-refractivity contribution < 1.29 is 69.3 Å². The third-order valence-corrected chi connectivity index (χ3v) is 5.52. The smallest absolute Gasteiger partial charge is 0.470 e. The number of alkyl halides is 6. The van der Waals surface area contributed by atoms with Crippen molar-refractivity contribution in [1.29, 1.82) is 0 Å². The van der Waals surface area contributed by atoms with Crippen LogP contribution in [-0.4, -0.2) is 39.7 Å². The molecule has 2 aromatic carbocycles. The molecule has 0 spiro atoms. The summed E-state index contributed by atoms with van der Waals surface area (Å²) in [7, 11) is -5.25. The standard InChI is InChI=1S/C22H19F6O9P/c23-21(24,25)14-5-1-3-12(7-14)10-34-18-17(16(9-29)37-38(31,32)33)36-20(30)19(18)35-11-13-4-2-6-15(8-13)22(26,27)28/h1-8,16-17,29H,9-11H2,(H2,31,32,33). The van der Waals surface area contributed by atoms with Gasteiger partial charge in [0.1, 0.15) is 19.3 Å². The minimum Gasteiger partial charge on any atom is -0.485 e. The lowest BCUT2D eigenvalue weighted by Crippen LogP contribution is -2.34. The van der Waals surface area contributed by atoms with Crippen LogP contribution in [0.3, 0.4) is 0 Å². The molecule has 2 unspecified atom stereocenters.